The zero-order valence-corrected chi connectivity index (χ0v) is 10.8. The second kappa shape index (κ2) is 9.02. The van der Waals surface area contributed by atoms with Crippen molar-refractivity contribution in [3.05, 3.63) is 0 Å². The highest BCUT2D eigenvalue weighted by Gasteiger charge is 2.09. The van der Waals surface area contributed by atoms with Crippen LogP contribution in [0.1, 0.15) is 19.3 Å². The molecule has 1 amide bonds. The average Bonchev–Trinajstić information content (AvgIpc) is 2.42. The maximum absolute atomic E-state index is 11.4. The molecule has 1 fully saturated rings. The van der Waals surface area contributed by atoms with Crippen molar-refractivity contribution in [3.8, 4) is 0 Å². The lowest BCUT2D eigenvalue weighted by Gasteiger charge is -2.26. The summed E-state index contributed by atoms with van der Waals surface area (Å²) >= 11 is 0. The summed E-state index contributed by atoms with van der Waals surface area (Å²) < 4.78 is 5.26. The summed E-state index contributed by atoms with van der Waals surface area (Å²) in [6, 6.07) is -0.524. The van der Waals surface area contributed by atoms with Gasteiger partial charge in [-0.25, -0.2) is 0 Å². The van der Waals surface area contributed by atoms with Crippen molar-refractivity contribution in [1.82, 2.24) is 10.2 Å². The summed E-state index contributed by atoms with van der Waals surface area (Å²) in [7, 11) is 0. The van der Waals surface area contributed by atoms with E-state index in [-0.39, 0.29) is 5.91 Å². The van der Waals surface area contributed by atoms with Crippen molar-refractivity contribution in [3.63, 3.8) is 0 Å². The number of amides is 1. The molecule has 1 aliphatic heterocycles. The van der Waals surface area contributed by atoms with Gasteiger partial charge >= 0.3 is 0 Å². The van der Waals surface area contributed by atoms with Crippen LogP contribution >= 0.6 is 0 Å². The van der Waals surface area contributed by atoms with Crippen LogP contribution in [0.2, 0.25) is 0 Å². The highest BCUT2D eigenvalue weighted by molar-refractivity contribution is 5.76. The van der Waals surface area contributed by atoms with Crippen LogP contribution < -0.4 is 11.1 Å². The first-order valence-corrected chi connectivity index (χ1v) is 6.50. The third kappa shape index (κ3) is 6.68. The SMILES string of the molecule is NC(C=O)CCC(=O)NCCCN1CCOCC1. The Labute approximate surface area is 108 Å². The summed E-state index contributed by atoms with van der Waals surface area (Å²) in [6.45, 7) is 5.21. The van der Waals surface area contributed by atoms with Crippen LogP contribution in [0.4, 0.5) is 0 Å². The van der Waals surface area contributed by atoms with E-state index in [1.807, 2.05) is 0 Å². The van der Waals surface area contributed by atoms with Crippen molar-refractivity contribution in [1.29, 1.82) is 0 Å². The topological polar surface area (TPSA) is 84.7 Å². The maximum atomic E-state index is 11.4. The molecule has 0 aromatic rings. The normalized spacial score (nSPS) is 18.3. The Morgan fingerprint density at radius 1 is 1.44 bits per heavy atom. The number of rotatable bonds is 8. The highest BCUT2D eigenvalue weighted by Crippen LogP contribution is 1.97. The minimum atomic E-state index is -0.524. The molecule has 0 radical (unpaired) electrons. The van der Waals surface area contributed by atoms with Crippen LogP contribution in [-0.2, 0) is 14.3 Å². The molecule has 1 heterocycles. The number of nitrogens with two attached hydrogens (primary N) is 1. The molecular weight excluding hydrogens is 234 g/mol. The second-order valence-corrected chi connectivity index (χ2v) is 4.50. The van der Waals surface area contributed by atoms with Gasteiger partial charge in [0.2, 0.25) is 5.91 Å². The van der Waals surface area contributed by atoms with E-state index in [1.165, 1.54) is 0 Å². The van der Waals surface area contributed by atoms with Crippen molar-refractivity contribution in [2.24, 2.45) is 5.73 Å². The summed E-state index contributed by atoms with van der Waals surface area (Å²) in [5.41, 5.74) is 5.41. The van der Waals surface area contributed by atoms with E-state index in [1.54, 1.807) is 0 Å². The van der Waals surface area contributed by atoms with Crippen LogP contribution in [0.5, 0.6) is 0 Å². The first-order valence-electron chi connectivity index (χ1n) is 6.50. The number of carbonyl (C=O) groups excluding carboxylic acids is 2. The van der Waals surface area contributed by atoms with Gasteiger partial charge in [-0.15, -0.1) is 0 Å². The number of nitrogens with zero attached hydrogens (tertiary/aromatic N) is 1. The zero-order chi connectivity index (χ0) is 13.2. The molecule has 1 aliphatic rings. The van der Waals surface area contributed by atoms with Gasteiger partial charge in [0.15, 0.2) is 0 Å². The third-order valence-electron chi connectivity index (χ3n) is 2.96. The van der Waals surface area contributed by atoms with Crippen LogP contribution in [0.25, 0.3) is 0 Å². The van der Waals surface area contributed by atoms with E-state index in [9.17, 15) is 9.59 Å². The Hall–Kier alpha value is -0.980. The zero-order valence-electron chi connectivity index (χ0n) is 10.8. The molecule has 6 heteroatoms. The van der Waals surface area contributed by atoms with Crippen molar-refractivity contribution >= 4 is 12.2 Å². The highest BCUT2D eigenvalue weighted by atomic mass is 16.5. The van der Waals surface area contributed by atoms with Gasteiger partial charge in [-0.05, 0) is 19.4 Å². The van der Waals surface area contributed by atoms with Crippen molar-refractivity contribution < 1.29 is 14.3 Å². The van der Waals surface area contributed by atoms with Crippen LogP contribution in [0, 0.1) is 0 Å². The third-order valence-corrected chi connectivity index (χ3v) is 2.96. The number of hydrogen-bond donors (Lipinski definition) is 2. The Kier molecular flexibility index (Phi) is 7.55. The van der Waals surface area contributed by atoms with Crippen molar-refractivity contribution in [2.75, 3.05) is 39.4 Å². The molecule has 0 spiro atoms. The first-order chi connectivity index (χ1) is 8.72. The van der Waals surface area contributed by atoms with Crippen molar-refractivity contribution in [2.45, 2.75) is 25.3 Å². The van der Waals surface area contributed by atoms with E-state index in [0.29, 0.717) is 25.7 Å². The Bertz CT molecular complexity index is 255. The number of aldehydes is 1. The largest absolute Gasteiger partial charge is 0.379 e. The minimum absolute atomic E-state index is 0.0331. The predicted molar refractivity (Wildman–Crippen MR) is 68.2 cm³/mol. The van der Waals surface area contributed by atoms with E-state index < -0.39 is 6.04 Å². The molecule has 6 nitrogen and oxygen atoms in total. The summed E-state index contributed by atoms with van der Waals surface area (Å²) in [4.78, 5) is 24.0. The van der Waals surface area contributed by atoms with Gasteiger partial charge in [-0.1, -0.05) is 0 Å². The van der Waals surface area contributed by atoms with Gasteiger partial charge in [0, 0.05) is 26.1 Å². The van der Waals surface area contributed by atoms with Gasteiger partial charge in [0.1, 0.15) is 6.29 Å². The quantitative estimate of drug-likeness (QED) is 0.436. The molecule has 18 heavy (non-hydrogen) atoms. The molecule has 104 valence electrons. The monoisotopic (exact) mass is 257 g/mol. The van der Waals surface area contributed by atoms with E-state index in [0.717, 1.165) is 39.3 Å². The molecule has 0 saturated carbocycles. The number of hydrogen-bond acceptors (Lipinski definition) is 5. The Balaban J connectivity index is 1.96. The van der Waals surface area contributed by atoms with Gasteiger partial charge in [-0.3, -0.25) is 9.69 Å². The molecule has 0 aliphatic carbocycles. The second-order valence-electron chi connectivity index (χ2n) is 4.50. The molecule has 1 rings (SSSR count). The minimum Gasteiger partial charge on any atom is -0.379 e. The lowest BCUT2D eigenvalue weighted by molar-refractivity contribution is -0.121. The van der Waals surface area contributed by atoms with Crippen LogP contribution in [0.3, 0.4) is 0 Å². The number of ether oxygens (including phenoxy) is 1. The fourth-order valence-corrected chi connectivity index (χ4v) is 1.81. The van der Waals surface area contributed by atoms with Crippen LogP contribution in [0.15, 0.2) is 0 Å². The summed E-state index contributed by atoms with van der Waals surface area (Å²) in [5.74, 6) is -0.0331. The molecule has 1 saturated heterocycles. The molecule has 0 bridgehead atoms. The summed E-state index contributed by atoms with van der Waals surface area (Å²) in [5, 5.41) is 2.83. The molecule has 3 N–H and O–H groups in total. The molecule has 1 atom stereocenters. The lowest BCUT2D eigenvalue weighted by Crippen LogP contribution is -2.38. The van der Waals surface area contributed by atoms with Gasteiger partial charge in [0.05, 0.1) is 19.3 Å². The number of morpholine rings is 1. The van der Waals surface area contributed by atoms with Gasteiger partial charge < -0.3 is 20.6 Å². The predicted octanol–water partition coefficient (Wildman–Crippen LogP) is -0.869. The smallest absolute Gasteiger partial charge is 0.220 e. The fraction of sp³-hybridized carbons (Fsp3) is 0.833. The maximum Gasteiger partial charge on any atom is 0.220 e. The molecule has 1 unspecified atom stereocenters. The van der Waals surface area contributed by atoms with E-state index in [4.69, 9.17) is 10.5 Å². The Morgan fingerprint density at radius 3 is 2.83 bits per heavy atom. The number of nitrogens with one attached hydrogen (secondary N) is 1. The van der Waals surface area contributed by atoms with Gasteiger partial charge in [0.25, 0.3) is 0 Å². The van der Waals surface area contributed by atoms with E-state index >= 15 is 0 Å². The molecular formula is C12H23N3O3. The first kappa shape index (κ1) is 15.1. The average molecular weight is 257 g/mol. The van der Waals surface area contributed by atoms with Crippen LogP contribution in [-0.4, -0.2) is 62.5 Å². The van der Waals surface area contributed by atoms with E-state index in [2.05, 4.69) is 10.2 Å². The molecule has 0 aromatic carbocycles. The lowest BCUT2D eigenvalue weighted by atomic mass is 10.2. The van der Waals surface area contributed by atoms with Gasteiger partial charge in [-0.2, -0.15) is 0 Å². The Morgan fingerprint density at radius 2 is 2.17 bits per heavy atom. The summed E-state index contributed by atoms with van der Waals surface area (Å²) in [6.07, 6.45) is 2.34. The number of carbonyl (C=O) groups is 2. The fourth-order valence-electron chi connectivity index (χ4n) is 1.81. The molecule has 0 aromatic heterocycles. The standard InChI is InChI=1S/C12H23N3O3/c13-11(10-16)2-3-12(17)14-4-1-5-15-6-8-18-9-7-15/h10-11H,1-9,13H2,(H,14,17).